The van der Waals surface area contributed by atoms with Gasteiger partial charge in [-0.05, 0) is 30.9 Å². The molecule has 0 aliphatic rings. The van der Waals surface area contributed by atoms with E-state index in [-0.39, 0.29) is 6.61 Å². The number of thiophene rings is 1. The number of thiazole rings is 1. The maximum absolute atomic E-state index is 8.87. The fraction of sp³-hybridized carbons (Fsp3) is 0.364. The summed E-state index contributed by atoms with van der Waals surface area (Å²) in [5.41, 5.74) is 2.37. The van der Waals surface area contributed by atoms with Crippen molar-refractivity contribution >= 4 is 22.7 Å². The molecular weight excluding hydrogens is 226 g/mol. The van der Waals surface area contributed by atoms with Crippen molar-refractivity contribution in [2.75, 3.05) is 6.61 Å². The molecule has 0 saturated carbocycles. The van der Waals surface area contributed by atoms with Crippen molar-refractivity contribution in [1.82, 2.24) is 4.98 Å². The molecule has 0 radical (unpaired) electrons. The van der Waals surface area contributed by atoms with Crippen LogP contribution in [0.5, 0.6) is 0 Å². The van der Waals surface area contributed by atoms with Crippen LogP contribution in [0.15, 0.2) is 11.4 Å². The molecule has 0 fully saturated rings. The van der Waals surface area contributed by atoms with Gasteiger partial charge < -0.3 is 5.11 Å². The third kappa shape index (κ3) is 2.12. The number of hydrogen-bond donors (Lipinski definition) is 1. The van der Waals surface area contributed by atoms with Crippen molar-refractivity contribution in [1.29, 1.82) is 0 Å². The molecule has 0 unspecified atom stereocenters. The first-order chi connectivity index (χ1) is 7.22. The van der Waals surface area contributed by atoms with Gasteiger partial charge in [0.15, 0.2) is 0 Å². The standard InChI is InChI=1S/C11H13NOS2/c1-7-4-6-14-11(7)10-8(2)15-9(12-10)3-5-13/h4,6,13H,3,5H2,1-2H3. The van der Waals surface area contributed by atoms with Gasteiger partial charge in [-0.1, -0.05) is 0 Å². The van der Waals surface area contributed by atoms with Crippen LogP contribution in [0.1, 0.15) is 15.4 Å². The second-order valence-corrected chi connectivity index (χ2v) is 5.62. The van der Waals surface area contributed by atoms with Crippen LogP contribution < -0.4 is 0 Å². The molecule has 0 spiro atoms. The quantitative estimate of drug-likeness (QED) is 0.893. The Bertz CT molecular complexity index is 459. The van der Waals surface area contributed by atoms with Crippen LogP contribution in [-0.4, -0.2) is 16.7 Å². The first-order valence-electron chi connectivity index (χ1n) is 4.84. The van der Waals surface area contributed by atoms with Gasteiger partial charge in [-0.3, -0.25) is 0 Å². The third-order valence-electron chi connectivity index (χ3n) is 2.24. The van der Waals surface area contributed by atoms with Crippen molar-refractivity contribution in [3.05, 3.63) is 26.9 Å². The molecule has 0 aliphatic heterocycles. The molecule has 2 rings (SSSR count). The van der Waals surface area contributed by atoms with Gasteiger partial charge in [0, 0.05) is 17.9 Å². The van der Waals surface area contributed by atoms with E-state index in [1.807, 2.05) is 0 Å². The molecular formula is C11H13NOS2. The molecule has 0 atom stereocenters. The van der Waals surface area contributed by atoms with E-state index in [1.165, 1.54) is 15.3 Å². The predicted molar refractivity (Wildman–Crippen MR) is 65.7 cm³/mol. The Morgan fingerprint density at radius 3 is 2.80 bits per heavy atom. The number of nitrogens with zero attached hydrogens (tertiary/aromatic N) is 1. The van der Waals surface area contributed by atoms with Crippen molar-refractivity contribution < 1.29 is 5.11 Å². The minimum absolute atomic E-state index is 0.176. The van der Waals surface area contributed by atoms with Gasteiger partial charge in [0.2, 0.25) is 0 Å². The van der Waals surface area contributed by atoms with Crippen LogP contribution >= 0.6 is 22.7 Å². The number of hydrogen-bond acceptors (Lipinski definition) is 4. The molecule has 2 aromatic rings. The normalized spacial score (nSPS) is 10.9. The Morgan fingerprint density at radius 1 is 1.40 bits per heavy atom. The largest absolute Gasteiger partial charge is 0.396 e. The summed E-state index contributed by atoms with van der Waals surface area (Å²) in [6.07, 6.45) is 0.663. The minimum Gasteiger partial charge on any atom is -0.396 e. The number of aliphatic hydroxyl groups excluding tert-OH is 1. The highest BCUT2D eigenvalue weighted by Gasteiger charge is 2.12. The molecule has 0 bridgehead atoms. The zero-order valence-corrected chi connectivity index (χ0v) is 10.4. The van der Waals surface area contributed by atoms with E-state index in [0.29, 0.717) is 6.42 Å². The van der Waals surface area contributed by atoms with Crippen LogP contribution in [0, 0.1) is 13.8 Å². The number of aryl methyl sites for hydroxylation is 2. The number of aromatic nitrogens is 1. The maximum Gasteiger partial charge on any atom is 0.0958 e. The van der Waals surface area contributed by atoms with Crippen LogP contribution in [0.25, 0.3) is 10.6 Å². The fourth-order valence-corrected chi connectivity index (χ4v) is 3.45. The molecule has 0 aromatic carbocycles. The van der Waals surface area contributed by atoms with E-state index in [4.69, 9.17) is 5.11 Å². The van der Waals surface area contributed by atoms with Gasteiger partial charge in [-0.2, -0.15) is 0 Å². The minimum atomic E-state index is 0.176. The Labute approximate surface area is 97.2 Å². The van der Waals surface area contributed by atoms with E-state index in [1.54, 1.807) is 22.7 Å². The summed E-state index contributed by atoms with van der Waals surface area (Å²) in [7, 11) is 0. The lowest BCUT2D eigenvalue weighted by molar-refractivity contribution is 0.299. The molecule has 15 heavy (non-hydrogen) atoms. The van der Waals surface area contributed by atoms with E-state index >= 15 is 0 Å². The van der Waals surface area contributed by atoms with Gasteiger partial charge in [-0.15, -0.1) is 22.7 Å². The summed E-state index contributed by atoms with van der Waals surface area (Å²) in [5, 5.41) is 12.0. The average Bonchev–Trinajstić information content (AvgIpc) is 2.73. The number of rotatable bonds is 3. The Morgan fingerprint density at radius 2 is 2.20 bits per heavy atom. The van der Waals surface area contributed by atoms with Crippen molar-refractivity contribution in [2.45, 2.75) is 20.3 Å². The van der Waals surface area contributed by atoms with E-state index < -0.39 is 0 Å². The highest BCUT2D eigenvalue weighted by atomic mass is 32.1. The summed E-state index contributed by atoms with van der Waals surface area (Å²) in [6, 6.07) is 2.12. The molecule has 2 aromatic heterocycles. The zero-order valence-electron chi connectivity index (χ0n) is 8.78. The van der Waals surface area contributed by atoms with E-state index in [0.717, 1.165) is 10.7 Å². The molecule has 0 saturated heterocycles. The molecule has 2 heterocycles. The smallest absolute Gasteiger partial charge is 0.0958 e. The van der Waals surface area contributed by atoms with E-state index in [2.05, 4.69) is 30.3 Å². The molecule has 80 valence electrons. The summed E-state index contributed by atoms with van der Waals surface area (Å²) < 4.78 is 0. The van der Waals surface area contributed by atoms with Gasteiger partial charge in [0.1, 0.15) is 0 Å². The van der Waals surface area contributed by atoms with Crippen LogP contribution in [0.4, 0.5) is 0 Å². The second kappa shape index (κ2) is 4.43. The molecule has 4 heteroatoms. The molecule has 0 amide bonds. The lowest BCUT2D eigenvalue weighted by Crippen LogP contribution is -1.88. The summed E-state index contributed by atoms with van der Waals surface area (Å²) in [6.45, 7) is 4.37. The lowest BCUT2D eigenvalue weighted by Gasteiger charge is -1.95. The van der Waals surface area contributed by atoms with Gasteiger partial charge >= 0.3 is 0 Å². The first-order valence-corrected chi connectivity index (χ1v) is 6.53. The second-order valence-electron chi connectivity index (χ2n) is 3.42. The van der Waals surface area contributed by atoms with Gasteiger partial charge in [-0.25, -0.2) is 4.98 Å². The summed E-state index contributed by atoms with van der Waals surface area (Å²) in [5.74, 6) is 0. The van der Waals surface area contributed by atoms with Crippen molar-refractivity contribution in [3.8, 4) is 10.6 Å². The fourth-order valence-electron chi connectivity index (χ4n) is 1.48. The third-order valence-corrected chi connectivity index (χ3v) is 4.30. The Balaban J connectivity index is 2.40. The molecule has 0 aliphatic carbocycles. The van der Waals surface area contributed by atoms with Crippen molar-refractivity contribution in [3.63, 3.8) is 0 Å². The highest BCUT2D eigenvalue weighted by molar-refractivity contribution is 7.15. The highest BCUT2D eigenvalue weighted by Crippen LogP contribution is 2.33. The first kappa shape index (κ1) is 10.8. The Hall–Kier alpha value is -0.710. The van der Waals surface area contributed by atoms with E-state index in [9.17, 15) is 0 Å². The predicted octanol–water partition coefficient (Wildman–Crippen LogP) is 3.02. The topological polar surface area (TPSA) is 33.1 Å². The zero-order chi connectivity index (χ0) is 10.8. The summed E-state index contributed by atoms with van der Waals surface area (Å²) >= 11 is 3.41. The lowest BCUT2D eigenvalue weighted by atomic mass is 10.2. The van der Waals surface area contributed by atoms with Gasteiger partial charge in [0.05, 0.1) is 15.6 Å². The SMILES string of the molecule is Cc1ccsc1-c1nc(CCO)sc1C. The average molecular weight is 239 g/mol. The van der Waals surface area contributed by atoms with Crippen LogP contribution in [-0.2, 0) is 6.42 Å². The van der Waals surface area contributed by atoms with Crippen LogP contribution in [0.3, 0.4) is 0 Å². The van der Waals surface area contributed by atoms with Crippen LogP contribution in [0.2, 0.25) is 0 Å². The molecule has 2 nitrogen and oxygen atoms in total. The molecule has 1 N–H and O–H groups in total. The van der Waals surface area contributed by atoms with Crippen molar-refractivity contribution in [2.24, 2.45) is 0 Å². The maximum atomic E-state index is 8.87. The Kier molecular flexibility index (Phi) is 3.19. The number of aliphatic hydroxyl groups is 1. The summed E-state index contributed by atoms with van der Waals surface area (Å²) in [4.78, 5) is 7.07. The monoisotopic (exact) mass is 239 g/mol. The van der Waals surface area contributed by atoms with Gasteiger partial charge in [0.25, 0.3) is 0 Å².